The molecule has 0 saturated heterocycles. The van der Waals surface area contributed by atoms with E-state index in [0.717, 1.165) is 38.5 Å². The number of esters is 1. The maximum Gasteiger partial charge on any atom is 0.333 e. The van der Waals surface area contributed by atoms with Crippen LogP contribution in [0.25, 0.3) is 0 Å². The summed E-state index contributed by atoms with van der Waals surface area (Å²) < 4.78 is 41.3. The van der Waals surface area contributed by atoms with Gasteiger partial charge in [-0.05, 0) is 44.0 Å². The van der Waals surface area contributed by atoms with E-state index in [4.69, 9.17) is 14.0 Å². The van der Waals surface area contributed by atoms with Crippen LogP contribution in [-0.2, 0) is 19.6 Å². The largest absolute Gasteiger partial charge is 0.494 e. The van der Waals surface area contributed by atoms with E-state index in [2.05, 4.69) is 6.58 Å². The molecule has 140 valence electrons. The average Bonchev–Trinajstić information content (AvgIpc) is 2.55. The Morgan fingerprint density at radius 3 is 2.04 bits per heavy atom. The number of ether oxygens (including phenoxy) is 2. The fraction of sp³-hybridized carbons (Fsp3) is 0.500. The molecule has 25 heavy (non-hydrogen) atoms. The summed E-state index contributed by atoms with van der Waals surface area (Å²) in [7, 11) is -4.16. The molecule has 1 N–H and O–H groups in total. The Labute approximate surface area is 149 Å². The fourth-order valence-electron chi connectivity index (χ4n) is 2.10. The van der Waals surface area contributed by atoms with Crippen molar-refractivity contribution in [2.24, 2.45) is 0 Å². The highest BCUT2D eigenvalue weighted by atomic mass is 32.2. The maximum atomic E-state index is 11.2. The molecular weight excluding hydrogens is 344 g/mol. The third kappa shape index (κ3) is 9.26. The van der Waals surface area contributed by atoms with E-state index >= 15 is 0 Å². The Hall–Kier alpha value is -1.86. The van der Waals surface area contributed by atoms with E-state index in [1.165, 1.54) is 24.3 Å². The molecule has 0 aliphatic heterocycles. The molecule has 0 saturated carbocycles. The van der Waals surface area contributed by atoms with Crippen molar-refractivity contribution < 1.29 is 27.2 Å². The molecule has 0 spiro atoms. The molecule has 1 rings (SSSR count). The third-order valence-electron chi connectivity index (χ3n) is 3.51. The summed E-state index contributed by atoms with van der Waals surface area (Å²) in [5.74, 6) is 0.244. The van der Waals surface area contributed by atoms with Gasteiger partial charge in [0.05, 0.1) is 18.1 Å². The number of carbonyl (C=O) groups is 1. The standard InChI is InChI=1S/C18H26O6S/c1-15(2)18(19)24-14-8-6-4-3-5-7-13-23-16-9-11-17(12-10-16)25(20,21)22/h9-12H,1,3-8,13-14H2,2H3,(H,20,21,22). The topological polar surface area (TPSA) is 89.9 Å². The number of unbranched alkanes of at least 4 members (excludes halogenated alkanes) is 5. The van der Waals surface area contributed by atoms with Crippen molar-refractivity contribution in [2.45, 2.75) is 50.3 Å². The number of hydrogen-bond acceptors (Lipinski definition) is 5. The molecule has 0 fully saturated rings. The molecule has 0 aliphatic rings. The SMILES string of the molecule is C=C(C)C(=O)OCCCCCCCCOc1ccc(S(=O)(=O)O)cc1. The Bertz CT molecular complexity index is 649. The summed E-state index contributed by atoms with van der Waals surface area (Å²) in [6, 6.07) is 5.67. The van der Waals surface area contributed by atoms with Crippen LogP contribution in [0.5, 0.6) is 5.75 Å². The van der Waals surface area contributed by atoms with Gasteiger partial charge in [0.2, 0.25) is 0 Å². The van der Waals surface area contributed by atoms with Gasteiger partial charge in [0.1, 0.15) is 5.75 Å². The van der Waals surface area contributed by atoms with Crippen molar-refractivity contribution in [3.63, 3.8) is 0 Å². The highest BCUT2D eigenvalue weighted by Gasteiger charge is 2.08. The zero-order chi connectivity index (χ0) is 18.7. The van der Waals surface area contributed by atoms with Gasteiger partial charge in [-0.15, -0.1) is 0 Å². The third-order valence-corrected chi connectivity index (χ3v) is 4.38. The second kappa shape index (κ2) is 10.9. The van der Waals surface area contributed by atoms with E-state index in [1.54, 1.807) is 6.92 Å². The lowest BCUT2D eigenvalue weighted by atomic mass is 10.1. The highest BCUT2D eigenvalue weighted by molar-refractivity contribution is 7.85. The summed E-state index contributed by atoms with van der Waals surface area (Å²) in [5, 5.41) is 0. The molecule has 0 radical (unpaired) electrons. The van der Waals surface area contributed by atoms with Crippen LogP contribution in [0.2, 0.25) is 0 Å². The van der Waals surface area contributed by atoms with Crippen LogP contribution < -0.4 is 4.74 Å². The number of benzene rings is 1. The predicted molar refractivity (Wildman–Crippen MR) is 95.2 cm³/mol. The minimum Gasteiger partial charge on any atom is -0.494 e. The van der Waals surface area contributed by atoms with Crippen LogP contribution in [0.15, 0.2) is 41.3 Å². The quantitative estimate of drug-likeness (QED) is 0.261. The minimum atomic E-state index is -4.16. The van der Waals surface area contributed by atoms with Gasteiger partial charge in [-0.2, -0.15) is 8.42 Å². The van der Waals surface area contributed by atoms with Gasteiger partial charge in [-0.3, -0.25) is 4.55 Å². The molecule has 0 aliphatic carbocycles. The van der Waals surface area contributed by atoms with E-state index in [9.17, 15) is 13.2 Å². The van der Waals surface area contributed by atoms with Crippen LogP contribution in [0.4, 0.5) is 0 Å². The van der Waals surface area contributed by atoms with Crippen LogP contribution >= 0.6 is 0 Å². The van der Waals surface area contributed by atoms with Crippen molar-refractivity contribution in [1.82, 2.24) is 0 Å². The van der Waals surface area contributed by atoms with Crippen LogP contribution in [-0.4, -0.2) is 32.2 Å². The molecule has 0 unspecified atom stereocenters. The second-order valence-electron chi connectivity index (χ2n) is 5.83. The van der Waals surface area contributed by atoms with Crippen molar-refractivity contribution >= 4 is 16.1 Å². The first-order valence-corrected chi connectivity index (χ1v) is 9.77. The van der Waals surface area contributed by atoms with Gasteiger partial charge in [0.25, 0.3) is 10.1 Å². The van der Waals surface area contributed by atoms with Crippen molar-refractivity contribution in [1.29, 1.82) is 0 Å². The highest BCUT2D eigenvalue weighted by Crippen LogP contribution is 2.16. The minimum absolute atomic E-state index is 0.145. The smallest absolute Gasteiger partial charge is 0.333 e. The van der Waals surface area contributed by atoms with Crippen LogP contribution in [0.3, 0.4) is 0 Å². The van der Waals surface area contributed by atoms with Gasteiger partial charge < -0.3 is 9.47 Å². The van der Waals surface area contributed by atoms with E-state index < -0.39 is 10.1 Å². The van der Waals surface area contributed by atoms with Crippen LogP contribution in [0, 0.1) is 0 Å². The molecule has 0 atom stereocenters. The molecule has 1 aromatic rings. The van der Waals surface area contributed by atoms with Crippen molar-refractivity contribution in [3.05, 3.63) is 36.4 Å². The van der Waals surface area contributed by atoms with E-state index in [-0.39, 0.29) is 10.9 Å². The van der Waals surface area contributed by atoms with Crippen molar-refractivity contribution in [3.8, 4) is 5.75 Å². The molecule has 1 aromatic carbocycles. The zero-order valence-electron chi connectivity index (χ0n) is 14.6. The Balaban J connectivity index is 2.02. The zero-order valence-corrected chi connectivity index (χ0v) is 15.4. The first kappa shape index (κ1) is 21.2. The van der Waals surface area contributed by atoms with Gasteiger partial charge in [0, 0.05) is 5.57 Å². The summed E-state index contributed by atoms with van der Waals surface area (Å²) in [5.41, 5.74) is 0.424. The predicted octanol–water partition coefficient (Wildman–Crippen LogP) is 3.77. The maximum absolute atomic E-state index is 11.2. The summed E-state index contributed by atoms with van der Waals surface area (Å²) >= 11 is 0. The monoisotopic (exact) mass is 370 g/mol. The first-order valence-electron chi connectivity index (χ1n) is 8.33. The van der Waals surface area contributed by atoms with Gasteiger partial charge in [-0.25, -0.2) is 4.79 Å². The molecular formula is C18H26O6S. The first-order chi connectivity index (χ1) is 11.8. The van der Waals surface area contributed by atoms with Gasteiger partial charge >= 0.3 is 5.97 Å². The van der Waals surface area contributed by atoms with Crippen molar-refractivity contribution in [2.75, 3.05) is 13.2 Å². The molecule has 0 heterocycles. The Morgan fingerprint density at radius 2 is 1.52 bits per heavy atom. The molecule has 0 amide bonds. The van der Waals surface area contributed by atoms with Crippen LogP contribution in [0.1, 0.15) is 45.4 Å². The molecule has 6 nitrogen and oxygen atoms in total. The second-order valence-corrected chi connectivity index (χ2v) is 7.25. The fourth-order valence-corrected chi connectivity index (χ4v) is 2.58. The molecule has 0 bridgehead atoms. The molecule has 0 aromatic heterocycles. The normalized spacial score (nSPS) is 11.1. The summed E-state index contributed by atoms with van der Waals surface area (Å²) in [4.78, 5) is 11.0. The lowest BCUT2D eigenvalue weighted by molar-refractivity contribution is -0.139. The van der Waals surface area contributed by atoms with Gasteiger partial charge in [-0.1, -0.05) is 32.3 Å². The number of rotatable bonds is 12. The summed E-state index contributed by atoms with van der Waals surface area (Å²) in [6.07, 6.45) is 5.98. The average molecular weight is 370 g/mol. The Kier molecular flexibility index (Phi) is 9.23. The van der Waals surface area contributed by atoms with Gasteiger partial charge in [0.15, 0.2) is 0 Å². The summed E-state index contributed by atoms with van der Waals surface area (Å²) in [6.45, 7) is 6.15. The number of hydrogen-bond donors (Lipinski definition) is 1. The van der Waals surface area contributed by atoms with E-state index in [1.807, 2.05) is 0 Å². The molecule has 7 heteroatoms. The number of carbonyl (C=O) groups excluding carboxylic acids is 1. The lowest BCUT2D eigenvalue weighted by Crippen LogP contribution is -2.06. The van der Waals surface area contributed by atoms with E-state index in [0.29, 0.717) is 24.5 Å². The lowest BCUT2D eigenvalue weighted by Gasteiger charge is -2.07. The Morgan fingerprint density at radius 1 is 1.00 bits per heavy atom.